The Morgan fingerprint density at radius 2 is 2.07 bits per heavy atom. The van der Waals surface area contributed by atoms with Gasteiger partial charge in [-0.1, -0.05) is 6.07 Å². The van der Waals surface area contributed by atoms with Crippen LogP contribution in [0, 0.1) is 0 Å². The molecule has 0 spiro atoms. The summed E-state index contributed by atoms with van der Waals surface area (Å²) in [7, 11) is 0. The molecule has 0 aliphatic carbocycles. The van der Waals surface area contributed by atoms with E-state index in [0.29, 0.717) is 15.3 Å². The van der Waals surface area contributed by atoms with Crippen molar-refractivity contribution in [2.45, 2.75) is 10.6 Å². The van der Waals surface area contributed by atoms with Crippen LogP contribution < -0.4 is 5.73 Å². The third kappa shape index (κ3) is 1.46. The molecule has 0 amide bonds. The van der Waals surface area contributed by atoms with Gasteiger partial charge in [0.1, 0.15) is 0 Å². The number of nitrogen functional groups attached to an aromatic ring is 1. The lowest BCUT2D eigenvalue weighted by Gasteiger charge is -1.99. The van der Waals surface area contributed by atoms with E-state index in [4.69, 9.17) is 5.73 Å². The predicted molar refractivity (Wildman–Crippen MR) is 58.4 cm³/mol. The first-order chi connectivity index (χ1) is 6.59. The van der Waals surface area contributed by atoms with Gasteiger partial charge in [-0.2, -0.15) is 0 Å². The van der Waals surface area contributed by atoms with E-state index in [2.05, 4.69) is 12.6 Å². The molecule has 74 valence electrons. The van der Waals surface area contributed by atoms with Gasteiger partial charge < -0.3 is 5.73 Å². The molecule has 2 aromatic rings. The fourth-order valence-electron chi connectivity index (χ4n) is 1.26. The Kier molecular flexibility index (Phi) is 2.36. The molecule has 14 heavy (non-hydrogen) atoms. The zero-order valence-electron chi connectivity index (χ0n) is 7.00. The number of nitrogens with two attached hydrogens (primary N) is 1. The minimum absolute atomic E-state index is 0.00432. The second kappa shape index (κ2) is 3.40. The summed E-state index contributed by atoms with van der Waals surface area (Å²) >= 11 is 5.54. The van der Waals surface area contributed by atoms with Crippen LogP contribution in [0.1, 0.15) is 12.0 Å². The molecule has 2 rings (SSSR count). The monoisotopic (exact) mass is 231 g/mol. The van der Waals surface area contributed by atoms with Crippen LogP contribution in [0.15, 0.2) is 22.4 Å². The summed E-state index contributed by atoms with van der Waals surface area (Å²) < 4.78 is 26.3. The van der Waals surface area contributed by atoms with Crippen molar-refractivity contribution in [3.8, 4) is 0 Å². The Balaban J connectivity index is 2.69. The molecule has 0 aliphatic rings. The topological polar surface area (TPSA) is 26.0 Å². The van der Waals surface area contributed by atoms with Gasteiger partial charge in [-0.15, -0.1) is 24.0 Å². The maximum Gasteiger partial charge on any atom is 0.263 e. The number of fused-ring (bicyclic) bond motifs is 1. The first-order valence-electron chi connectivity index (χ1n) is 3.88. The number of thiophene rings is 1. The molecule has 0 aliphatic heterocycles. The van der Waals surface area contributed by atoms with Crippen LogP contribution in [-0.4, -0.2) is 0 Å². The molecule has 0 atom stereocenters. The van der Waals surface area contributed by atoms with Gasteiger partial charge in [-0.05, 0) is 12.1 Å². The molecule has 1 heterocycles. The van der Waals surface area contributed by atoms with Crippen molar-refractivity contribution < 1.29 is 8.78 Å². The number of alkyl halides is 2. The van der Waals surface area contributed by atoms with Gasteiger partial charge in [0.05, 0.1) is 9.90 Å². The Hall–Kier alpha value is -0.810. The van der Waals surface area contributed by atoms with Crippen LogP contribution in [0.25, 0.3) is 10.1 Å². The minimum atomic E-state index is -2.46. The molecular formula is C9H7F2NS2. The Labute approximate surface area is 88.9 Å². The number of rotatable bonds is 1. The smallest absolute Gasteiger partial charge is 0.263 e. The summed E-state index contributed by atoms with van der Waals surface area (Å²) in [4.78, 5) is 0. The standard InChI is InChI=1S/C9H7F2NS2/c10-8(11)4-1-2-6-5(3-4)7(12)9(13)14-6/h1-3,8,13H,12H2. The molecule has 0 fully saturated rings. The van der Waals surface area contributed by atoms with E-state index in [0.717, 1.165) is 4.70 Å². The molecule has 5 heteroatoms. The van der Waals surface area contributed by atoms with E-state index in [1.165, 1.54) is 23.5 Å². The molecule has 2 N–H and O–H groups in total. The maximum absolute atomic E-state index is 12.4. The van der Waals surface area contributed by atoms with Crippen LogP contribution in [0.5, 0.6) is 0 Å². The van der Waals surface area contributed by atoms with Crippen LogP contribution in [0.4, 0.5) is 14.5 Å². The number of thiol groups is 1. The van der Waals surface area contributed by atoms with Crippen molar-refractivity contribution in [2.24, 2.45) is 0 Å². The average Bonchev–Trinajstić information content (AvgIpc) is 2.43. The van der Waals surface area contributed by atoms with Crippen LogP contribution in [0.3, 0.4) is 0 Å². The third-order valence-corrected chi connectivity index (χ3v) is 3.49. The predicted octanol–water partition coefficient (Wildman–Crippen LogP) is 3.71. The van der Waals surface area contributed by atoms with Gasteiger partial charge >= 0.3 is 0 Å². The Morgan fingerprint density at radius 1 is 1.36 bits per heavy atom. The van der Waals surface area contributed by atoms with Crippen molar-refractivity contribution in [3.05, 3.63) is 23.8 Å². The number of benzene rings is 1. The molecule has 0 radical (unpaired) electrons. The first kappa shape index (κ1) is 9.73. The summed E-state index contributed by atoms with van der Waals surface area (Å²) in [5.74, 6) is 0. The summed E-state index contributed by atoms with van der Waals surface area (Å²) in [6.07, 6.45) is -2.46. The van der Waals surface area contributed by atoms with E-state index in [9.17, 15) is 8.78 Å². The summed E-state index contributed by atoms with van der Waals surface area (Å²) in [5, 5.41) is 0.665. The van der Waals surface area contributed by atoms with Gasteiger partial charge in [0, 0.05) is 15.6 Å². The molecule has 1 nitrogen and oxygen atoms in total. The molecule has 1 aromatic carbocycles. The summed E-state index contributed by atoms with van der Waals surface area (Å²) in [5.41, 5.74) is 6.17. The van der Waals surface area contributed by atoms with Gasteiger partial charge in [-0.25, -0.2) is 8.78 Å². The highest BCUT2D eigenvalue weighted by Crippen LogP contribution is 2.37. The molecule has 0 saturated carbocycles. The number of hydrogen-bond acceptors (Lipinski definition) is 3. The van der Waals surface area contributed by atoms with Crippen LogP contribution in [0.2, 0.25) is 0 Å². The van der Waals surface area contributed by atoms with Crippen molar-refractivity contribution >= 4 is 39.7 Å². The Morgan fingerprint density at radius 3 is 2.71 bits per heavy atom. The number of halogens is 2. The van der Waals surface area contributed by atoms with E-state index >= 15 is 0 Å². The van der Waals surface area contributed by atoms with E-state index < -0.39 is 6.43 Å². The Bertz CT molecular complexity index is 479. The quantitative estimate of drug-likeness (QED) is 0.719. The second-order valence-electron chi connectivity index (χ2n) is 2.88. The lowest BCUT2D eigenvalue weighted by atomic mass is 10.1. The van der Waals surface area contributed by atoms with Gasteiger partial charge in [0.25, 0.3) is 6.43 Å². The summed E-state index contributed by atoms with van der Waals surface area (Å²) in [6.45, 7) is 0. The lowest BCUT2D eigenvalue weighted by molar-refractivity contribution is 0.151. The fourth-order valence-corrected chi connectivity index (χ4v) is 2.52. The minimum Gasteiger partial charge on any atom is -0.397 e. The SMILES string of the molecule is Nc1c(S)sc2ccc(C(F)F)cc12. The molecule has 1 aromatic heterocycles. The number of hydrogen-bond donors (Lipinski definition) is 2. The van der Waals surface area contributed by atoms with E-state index in [-0.39, 0.29) is 5.56 Å². The highest BCUT2D eigenvalue weighted by molar-refractivity contribution is 7.83. The zero-order chi connectivity index (χ0) is 10.3. The average molecular weight is 231 g/mol. The largest absolute Gasteiger partial charge is 0.397 e. The maximum atomic E-state index is 12.4. The van der Waals surface area contributed by atoms with Crippen molar-refractivity contribution in [1.29, 1.82) is 0 Å². The normalized spacial score (nSPS) is 11.4. The fraction of sp³-hybridized carbons (Fsp3) is 0.111. The molecule has 0 bridgehead atoms. The van der Waals surface area contributed by atoms with Crippen molar-refractivity contribution in [1.82, 2.24) is 0 Å². The molecular weight excluding hydrogens is 224 g/mol. The van der Waals surface area contributed by atoms with Crippen LogP contribution >= 0.6 is 24.0 Å². The van der Waals surface area contributed by atoms with Gasteiger partial charge in [0.2, 0.25) is 0 Å². The van der Waals surface area contributed by atoms with Gasteiger partial charge in [0.15, 0.2) is 0 Å². The van der Waals surface area contributed by atoms with Crippen molar-refractivity contribution in [3.63, 3.8) is 0 Å². The first-order valence-corrected chi connectivity index (χ1v) is 5.15. The third-order valence-electron chi connectivity index (χ3n) is 1.98. The van der Waals surface area contributed by atoms with E-state index in [1.807, 2.05) is 0 Å². The zero-order valence-corrected chi connectivity index (χ0v) is 8.71. The summed E-state index contributed by atoms with van der Waals surface area (Å²) in [6, 6.07) is 4.49. The van der Waals surface area contributed by atoms with Crippen molar-refractivity contribution in [2.75, 3.05) is 5.73 Å². The lowest BCUT2D eigenvalue weighted by Crippen LogP contribution is -1.85. The molecule has 0 saturated heterocycles. The van der Waals surface area contributed by atoms with E-state index in [1.54, 1.807) is 6.07 Å². The second-order valence-corrected chi connectivity index (χ2v) is 4.68. The molecule has 0 unspecified atom stereocenters. The highest BCUT2D eigenvalue weighted by atomic mass is 32.2. The highest BCUT2D eigenvalue weighted by Gasteiger charge is 2.11. The number of anilines is 1. The van der Waals surface area contributed by atoms with Gasteiger partial charge in [-0.3, -0.25) is 0 Å². The van der Waals surface area contributed by atoms with Crippen LogP contribution in [-0.2, 0) is 0 Å².